The molecule has 0 aromatic heterocycles. The topological polar surface area (TPSA) is 103 Å². The first-order valence-corrected chi connectivity index (χ1v) is 10.1. The third-order valence-electron chi connectivity index (χ3n) is 3.93. The Morgan fingerprint density at radius 1 is 0.742 bits per heavy atom. The Kier molecular flexibility index (Phi) is 8.95. The first-order chi connectivity index (χ1) is 14.9. The van der Waals surface area contributed by atoms with Crippen LogP contribution < -0.4 is 10.6 Å². The first-order valence-electron chi connectivity index (χ1n) is 9.73. The Morgan fingerprint density at radius 3 is 1.84 bits per heavy atom. The maximum Gasteiger partial charge on any atom is 0.340 e. The van der Waals surface area contributed by atoms with Gasteiger partial charge in [0.1, 0.15) is 0 Å². The van der Waals surface area contributed by atoms with E-state index >= 15 is 0 Å². The van der Waals surface area contributed by atoms with Crippen molar-refractivity contribution in [3.8, 4) is 0 Å². The number of rotatable bonds is 8. The smallest absolute Gasteiger partial charge is 0.340 e. The van der Waals surface area contributed by atoms with Crippen LogP contribution in [0.4, 0.5) is 11.4 Å². The van der Waals surface area contributed by atoms with Crippen molar-refractivity contribution in [3.05, 3.63) is 59.2 Å². The molecule has 0 radical (unpaired) electrons. The highest BCUT2D eigenvalue weighted by molar-refractivity contribution is 7.80. The minimum absolute atomic E-state index is 0.176. The summed E-state index contributed by atoms with van der Waals surface area (Å²) in [5, 5.41) is 6.05. The lowest BCUT2D eigenvalue weighted by atomic mass is 10.1. The third kappa shape index (κ3) is 6.78. The van der Waals surface area contributed by atoms with Crippen molar-refractivity contribution >= 4 is 46.6 Å². The van der Waals surface area contributed by atoms with Crippen molar-refractivity contribution in [2.24, 2.45) is 0 Å². The fourth-order valence-corrected chi connectivity index (χ4v) is 2.79. The van der Waals surface area contributed by atoms with Gasteiger partial charge < -0.3 is 24.8 Å². The van der Waals surface area contributed by atoms with Crippen LogP contribution >= 0.6 is 12.2 Å². The van der Waals surface area contributed by atoms with E-state index in [1.807, 2.05) is 0 Å². The zero-order chi connectivity index (χ0) is 22.8. The van der Waals surface area contributed by atoms with Gasteiger partial charge >= 0.3 is 17.9 Å². The number of hydrogen-bond donors (Lipinski definition) is 2. The van der Waals surface area contributed by atoms with E-state index in [0.717, 1.165) is 0 Å². The van der Waals surface area contributed by atoms with Gasteiger partial charge in [-0.1, -0.05) is 0 Å². The number of carbonyl (C=O) groups is 3. The van der Waals surface area contributed by atoms with Gasteiger partial charge in [-0.3, -0.25) is 0 Å². The average molecular weight is 445 g/mol. The molecule has 0 amide bonds. The van der Waals surface area contributed by atoms with Gasteiger partial charge in [-0.25, -0.2) is 14.4 Å². The van der Waals surface area contributed by atoms with Crippen molar-refractivity contribution in [3.63, 3.8) is 0 Å². The summed E-state index contributed by atoms with van der Waals surface area (Å²) in [6, 6.07) is 11.0. The fourth-order valence-electron chi connectivity index (χ4n) is 2.56. The molecule has 164 valence electrons. The highest BCUT2D eigenvalue weighted by Crippen LogP contribution is 2.21. The molecule has 9 heteroatoms. The number of esters is 3. The largest absolute Gasteiger partial charge is 0.462 e. The van der Waals surface area contributed by atoms with Gasteiger partial charge in [0.15, 0.2) is 5.11 Å². The van der Waals surface area contributed by atoms with Crippen LogP contribution in [0.2, 0.25) is 0 Å². The van der Waals surface area contributed by atoms with Crippen LogP contribution in [0.1, 0.15) is 51.8 Å². The molecule has 0 spiro atoms. The van der Waals surface area contributed by atoms with E-state index in [4.69, 9.17) is 26.4 Å². The predicted octanol–water partition coefficient (Wildman–Crippen LogP) is 4.03. The number of anilines is 2. The highest BCUT2D eigenvalue weighted by atomic mass is 32.1. The molecule has 31 heavy (non-hydrogen) atoms. The molecule has 0 aliphatic heterocycles. The average Bonchev–Trinajstić information content (AvgIpc) is 2.74. The van der Waals surface area contributed by atoms with Gasteiger partial charge in [0.05, 0.1) is 42.2 Å². The van der Waals surface area contributed by atoms with Crippen molar-refractivity contribution < 1.29 is 28.6 Å². The van der Waals surface area contributed by atoms with Crippen LogP contribution in [0.5, 0.6) is 0 Å². The molecule has 2 rings (SSSR count). The normalized spacial score (nSPS) is 10.0. The molecule has 8 nitrogen and oxygen atoms in total. The Balaban J connectivity index is 2.19. The zero-order valence-corrected chi connectivity index (χ0v) is 18.3. The van der Waals surface area contributed by atoms with Crippen LogP contribution in [0, 0.1) is 0 Å². The van der Waals surface area contributed by atoms with Gasteiger partial charge in [0.25, 0.3) is 0 Å². The van der Waals surface area contributed by atoms with Crippen LogP contribution in [-0.4, -0.2) is 42.8 Å². The lowest BCUT2D eigenvalue weighted by Gasteiger charge is -2.15. The molecule has 0 atom stereocenters. The van der Waals surface area contributed by atoms with Gasteiger partial charge in [-0.05, 0) is 75.5 Å². The highest BCUT2D eigenvalue weighted by Gasteiger charge is 2.17. The van der Waals surface area contributed by atoms with Crippen LogP contribution in [0.15, 0.2) is 42.5 Å². The number of thiocarbonyl (C=S) groups is 1. The lowest BCUT2D eigenvalue weighted by molar-refractivity contribution is 0.0512. The summed E-state index contributed by atoms with van der Waals surface area (Å²) in [6.07, 6.45) is 0. The monoisotopic (exact) mass is 444 g/mol. The maximum atomic E-state index is 12.3. The second kappa shape index (κ2) is 11.7. The van der Waals surface area contributed by atoms with E-state index < -0.39 is 17.9 Å². The number of benzene rings is 2. The summed E-state index contributed by atoms with van der Waals surface area (Å²) in [7, 11) is 0. The number of nitrogens with one attached hydrogen (secondary N) is 2. The number of carbonyl (C=O) groups excluding carboxylic acids is 3. The van der Waals surface area contributed by atoms with E-state index in [1.54, 1.807) is 45.0 Å². The van der Waals surface area contributed by atoms with Gasteiger partial charge in [-0.15, -0.1) is 0 Å². The molecular formula is C22H24N2O6S. The Morgan fingerprint density at radius 2 is 1.26 bits per heavy atom. The molecule has 0 unspecified atom stereocenters. The molecule has 0 saturated heterocycles. The number of ether oxygens (including phenoxy) is 3. The maximum absolute atomic E-state index is 12.3. The van der Waals surface area contributed by atoms with E-state index in [1.165, 1.54) is 18.2 Å². The zero-order valence-electron chi connectivity index (χ0n) is 17.5. The minimum Gasteiger partial charge on any atom is -0.462 e. The van der Waals surface area contributed by atoms with Crippen molar-refractivity contribution in [2.45, 2.75) is 20.8 Å². The molecule has 0 saturated carbocycles. The predicted molar refractivity (Wildman–Crippen MR) is 121 cm³/mol. The minimum atomic E-state index is -0.554. The third-order valence-corrected chi connectivity index (χ3v) is 4.13. The Bertz CT molecular complexity index is 959. The van der Waals surface area contributed by atoms with Crippen molar-refractivity contribution in [1.29, 1.82) is 0 Å². The van der Waals surface area contributed by atoms with Crippen molar-refractivity contribution in [2.75, 3.05) is 30.5 Å². The Hall–Kier alpha value is -3.46. The van der Waals surface area contributed by atoms with E-state index in [0.29, 0.717) is 23.5 Å². The number of hydrogen-bond acceptors (Lipinski definition) is 7. The molecule has 0 heterocycles. The van der Waals surface area contributed by atoms with Crippen LogP contribution in [0.25, 0.3) is 0 Å². The lowest BCUT2D eigenvalue weighted by Crippen LogP contribution is -2.21. The Labute approximate surface area is 185 Å². The summed E-state index contributed by atoms with van der Waals surface area (Å²) in [5.74, 6) is -1.49. The molecule has 2 aromatic carbocycles. The summed E-state index contributed by atoms with van der Waals surface area (Å²) >= 11 is 5.33. The van der Waals surface area contributed by atoms with Gasteiger partial charge in [-0.2, -0.15) is 0 Å². The standard InChI is InChI=1S/C22H24N2O6S/c1-4-28-19(25)14-7-10-16(11-8-14)23-22(31)24-18-13-15(20(26)29-5-2)9-12-17(18)21(27)30-6-3/h7-13H,4-6H2,1-3H3,(H2,23,24,31). The molecule has 2 N–H and O–H groups in total. The second-order valence-corrected chi connectivity index (χ2v) is 6.49. The van der Waals surface area contributed by atoms with Crippen LogP contribution in [-0.2, 0) is 14.2 Å². The first kappa shape index (κ1) is 23.8. The van der Waals surface area contributed by atoms with Gasteiger partial charge in [0, 0.05) is 5.69 Å². The molecule has 0 fully saturated rings. The fraction of sp³-hybridized carbons (Fsp3) is 0.273. The second-order valence-electron chi connectivity index (χ2n) is 6.08. The molecule has 0 aliphatic carbocycles. The summed E-state index contributed by atoms with van der Waals surface area (Å²) in [5.41, 5.74) is 1.81. The molecule has 0 bridgehead atoms. The van der Waals surface area contributed by atoms with E-state index in [9.17, 15) is 14.4 Å². The molecular weight excluding hydrogens is 420 g/mol. The van der Waals surface area contributed by atoms with E-state index in [2.05, 4.69) is 10.6 Å². The molecule has 2 aromatic rings. The van der Waals surface area contributed by atoms with E-state index in [-0.39, 0.29) is 29.5 Å². The summed E-state index contributed by atoms with van der Waals surface area (Å²) in [6.45, 7) is 5.86. The summed E-state index contributed by atoms with van der Waals surface area (Å²) in [4.78, 5) is 36.1. The summed E-state index contributed by atoms with van der Waals surface area (Å²) < 4.78 is 15.0. The van der Waals surface area contributed by atoms with Crippen molar-refractivity contribution in [1.82, 2.24) is 0 Å². The van der Waals surface area contributed by atoms with Gasteiger partial charge in [0.2, 0.25) is 0 Å². The quantitative estimate of drug-likeness (QED) is 0.355. The van der Waals surface area contributed by atoms with Crippen LogP contribution in [0.3, 0.4) is 0 Å². The SMILES string of the molecule is CCOC(=O)c1ccc(NC(=S)Nc2cc(C(=O)OCC)ccc2C(=O)OCC)cc1. The molecule has 0 aliphatic rings.